The summed E-state index contributed by atoms with van der Waals surface area (Å²) in [6.45, 7) is 0.611. The SMILES string of the molecule is NCCC[C@@H](N)c1cc(Cl)cc(Cl)c1Cl. The van der Waals surface area contributed by atoms with Crippen LogP contribution in [0.5, 0.6) is 0 Å². The molecule has 0 unspecified atom stereocenters. The minimum absolute atomic E-state index is 0.169. The first-order valence-corrected chi connectivity index (χ1v) is 5.79. The number of rotatable bonds is 4. The van der Waals surface area contributed by atoms with Crippen molar-refractivity contribution < 1.29 is 0 Å². The quantitative estimate of drug-likeness (QED) is 0.822. The van der Waals surface area contributed by atoms with Crippen LogP contribution in [0.4, 0.5) is 0 Å². The molecule has 1 rings (SSSR count). The molecule has 0 heterocycles. The molecule has 1 aromatic carbocycles. The zero-order valence-corrected chi connectivity index (χ0v) is 10.4. The van der Waals surface area contributed by atoms with Crippen molar-refractivity contribution in [2.45, 2.75) is 18.9 Å². The van der Waals surface area contributed by atoms with Crippen LogP contribution in [0.3, 0.4) is 0 Å². The molecule has 5 heteroatoms. The second kappa shape index (κ2) is 5.92. The Morgan fingerprint density at radius 1 is 1.20 bits per heavy atom. The normalized spacial score (nSPS) is 12.9. The standard InChI is InChI=1S/C10H13Cl3N2/c11-6-4-7(9(15)2-1-3-14)10(13)8(12)5-6/h4-5,9H,1-3,14-15H2/t9-/m1/s1. The molecular weight excluding hydrogens is 254 g/mol. The van der Waals surface area contributed by atoms with Crippen molar-refractivity contribution >= 4 is 34.8 Å². The smallest absolute Gasteiger partial charge is 0.0641 e. The Hall–Kier alpha value is 0.01000. The van der Waals surface area contributed by atoms with E-state index in [1.54, 1.807) is 12.1 Å². The minimum atomic E-state index is -0.169. The summed E-state index contributed by atoms with van der Waals surface area (Å²) in [6, 6.07) is 3.18. The lowest BCUT2D eigenvalue weighted by molar-refractivity contribution is 0.618. The predicted octanol–water partition coefficient (Wildman–Crippen LogP) is 3.39. The van der Waals surface area contributed by atoms with Gasteiger partial charge in [0.05, 0.1) is 10.0 Å². The highest BCUT2D eigenvalue weighted by Crippen LogP contribution is 2.33. The first-order valence-electron chi connectivity index (χ1n) is 4.66. The summed E-state index contributed by atoms with van der Waals surface area (Å²) < 4.78 is 0. The van der Waals surface area contributed by atoms with Gasteiger partial charge in [-0.15, -0.1) is 0 Å². The van der Waals surface area contributed by atoms with E-state index in [-0.39, 0.29) is 6.04 Å². The van der Waals surface area contributed by atoms with Crippen molar-refractivity contribution in [1.29, 1.82) is 0 Å². The summed E-state index contributed by atoms with van der Waals surface area (Å²) >= 11 is 17.8. The van der Waals surface area contributed by atoms with Crippen molar-refractivity contribution in [3.8, 4) is 0 Å². The molecule has 0 aliphatic heterocycles. The van der Waals surface area contributed by atoms with Crippen LogP contribution in [0.15, 0.2) is 12.1 Å². The van der Waals surface area contributed by atoms with Crippen molar-refractivity contribution in [3.05, 3.63) is 32.8 Å². The van der Waals surface area contributed by atoms with E-state index in [4.69, 9.17) is 46.3 Å². The molecule has 0 fully saturated rings. The van der Waals surface area contributed by atoms with Gasteiger partial charge in [-0.1, -0.05) is 34.8 Å². The van der Waals surface area contributed by atoms with Crippen LogP contribution in [0.25, 0.3) is 0 Å². The van der Waals surface area contributed by atoms with Crippen LogP contribution in [-0.2, 0) is 0 Å². The molecule has 1 aromatic rings. The van der Waals surface area contributed by atoms with Gasteiger partial charge >= 0.3 is 0 Å². The predicted molar refractivity (Wildman–Crippen MR) is 66.7 cm³/mol. The molecule has 0 amide bonds. The van der Waals surface area contributed by atoms with E-state index in [0.29, 0.717) is 21.6 Å². The van der Waals surface area contributed by atoms with Crippen LogP contribution >= 0.6 is 34.8 Å². The Bertz CT molecular complexity index is 342. The maximum atomic E-state index is 6.04. The maximum Gasteiger partial charge on any atom is 0.0641 e. The zero-order valence-electron chi connectivity index (χ0n) is 8.14. The number of nitrogens with two attached hydrogens (primary N) is 2. The molecule has 4 N–H and O–H groups in total. The van der Waals surface area contributed by atoms with E-state index in [9.17, 15) is 0 Å². The monoisotopic (exact) mass is 266 g/mol. The van der Waals surface area contributed by atoms with Crippen molar-refractivity contribution in [1.82, 2.24) is 0 Å². The molecule has 0 aromatic heterocycles. The highest BCUT2D eigenvalue weighted by Gasteiger charge is 2.13. The zero-order chi connectivity index (χ0) is 11.4. The van der Waals surface area contributed by atoms with Gasteiger partial charge in [0.25, 0.3) is 0 Å². The lowest BCUT2D eigenvalue weighted by Crippen LogP contribution is -2.13. The second-order valence-corrected chi connectivity index (χ2v) is 4.55. The molecule has 0 saturated carbocycles. The first kappa shape index (κ1) is 13.1. The summed E-state index contributed by atoms with van der Waals surface area (Å²) in [6.07, 6.45) is 1.62. The summed E-state index contributed by atoms with van der Waals surface area (Å²) in [5, 5.41) is 1.45. The van der Waals surface area contributed by atoms with Gasteiger partial charge in [0, 0.05) is 11.1 Å². The van der Waals surface area contributed by atoms with E-state index in [2.05, 4.69) is 0 Å². The van der Waals surface area contributed by atoms with E-state index in [1.165, 1.54) is 0 Å². The average Bonchev–Trinajstić information content (AvgIpc) is 2.19. The number of hydrogen-bond acceptors (Lipinski definition) is 2. The summed E-state index contributed by atoms with van der Waals surface area (Å²) in [5.41, 5.74) is 12.2. The second-order valence-electron chi connectivity index (χ2n) is 3.33. The van der Waals surface area contributed by atoms with Crippen LogP contribution in [0.1, 0.15) is 24.4 Å². The van der Waals surface area contributed by atoms with Crippen LogP contribution < -0.4 is 11.5 Å². The fourth-order valence-electron chi connectivity index (χ4n) is 1.34. The van der Waals surface area contributed by atoms with Crippen LogP contribution in [0, 0.1) is 0 Å². The van der Waals surface area contributed by atoms with E-state index in [1.807, 2.05) is 0 Å². The van der Waals surface area contributed by atoms with E-state index < -0.39 is 0 Å². The Morgan fingerprint density at radius 3 is 2.47 bits per heavy atom. The van der Waals surface area contributed by atoms with Crippen molar-refractivity contribution in [3.63, 3.8) is 0 Å². The van der Waals surface area contributed by atoms with Gasteiger partial charge < -0.3 is 11.5 Å². The molecule has 15 heavy (non-hydrogen) atoms. The summed E-state index contributed by atoms with van der Waals surface area (Å²) in [5.74, 6) is 0. The largest absolute Gasteiger partial charge is 0.330 e. The van der Waals surface area contributed by atoms with Gasteiger partial charge in [0.15, 0.2) is 0 Å². The number of hydrogen-bond donors (Lipinski definition) is 2. The summed E-state index contributed by atoms with van der Waals surface area (Å²) in [4.78, 5) is 0. The average molecular weight is 268 g/mol. The first-order chi connectivity index (χ1) is 7.06. The Morgan fingerprint density at radius 2 is 1.87 bits per heavy atom. The fraction of sp³-hybridized carbons (Fsp3) is 0.400. The fourth-order valence-corrected chi connectivity index (χ4v) is 2.10. The van der Waals surface area contributed by atoms with Gasteiger partial charge in [0.2, 0.25) is 0 Å². The van der Waals surface area contributed by atoms with E-state index in [0.717, 1.165) is 18.4 Å². The molecule has 1 atom stereocenters. The van der Waals surface area contributed by atoms with Gasteiger partial charge in [-0.25, -0.2) is 0 Å². The molecule has 0 aliphatic carbocycles. The summed E-state index contributed by atoms with van der Waals surface area (Å²) in [7, 11) is 0. The third-order valence-electron chi connectivity index (χ3n) is 2.14. The molecule has 0 aliphatic rings. The minimum Gasteiger partial charge on any atom is -0.330 e. The Labute approximate surface area is 104 Å². The third-order valence-corrected chi connectivity index (χ3v) is 3.17. The maximum absolute atomic E-state index is 6.04. The highest BCUT2D eigenvalue weighted by molar-refractivity contribution is 6.43. The van der Waals surface area contributed by atoms with Gasteiger partial charge in [-0.05, 0) is 37.1 Å². The van der Waals surface area contributed by atoms with Gasteiger partial charge in [-0.2, -0.15) is 0 Å². The molecule has 84 valence electrons. The van der Waals surface area contributed by atoms with Crippen LogP contribution in [-0.4, -0.2) is 6.54 Å². The van der Waals surface area contributed by atoms with Crippen molar-refractivity contribution in [2.75, 3.05) is 6.54 Å². The molecular formula is C10H13Cl3N2. The molecule has 2 nitrogen and oxygen atoms in total. The highest BCUT2D eigenvalue weighted by atomic mass is 35.5. The molecule has 0 saturated heterocycles. The lowest BCUT2D eigenvalue weighted by atomic mass is 10.0. The Kier molecular flexibility index (Phi) is 5.16. The third kappa shape index (κ3) is 3.51. The topological polar surface area (TPSA) is 52.0 Å². The molecule has 0 radical (unpaired) electrons. The van der Waals surface area contributed by atoms with E-state index >= 15 is 0 Å². The van der Waals surface area contributed by atoms with Crippen molar-refractivity contribution in [2.24, 2.45) is 11.5 Å². The number of benzene rings is 1. The molecule has 0 spiro atoms. The lowest BCUT2D eigenvalue weighted by Gasteiger charge is -2.14. The molecule has 0 bridgehead atoms. The van der Waals surface area contributed by atoms with Gasteiger partial charge in [-0.3, -0.25) is 0 Å². The number of halogens is 3. The van der Waals surface area contributed by atoms with Gasteiger partial charge in [0.1, 0.15) is 0 Å². The Balaban J connectivity index is 2.92. The van der Waals surface area contributed by atoms with Crippen LogP contribution in [0.2, 0.25) is 15.1 Å².